The minimum Gasteiger partial charge on any atom is -0.494 e. The summed E-state index contributed by atoms with van der Waals surface area (Å²) in [5, 5.41) is 2.53. The second-order valence-electron chi connectivity index (χ2n) is 5.13. The van der Waals surface area contributed by atoms with Gasteiger partial charge in [-0.15, -0.1) is 0 Å². The van der Waals surface area contributed by atoms with Gasteiger partial charge in [0.2, 0.25) is 0 Å². The highest BCUT2D eigenvalue weighted by Gasteiger charge is 1.97. The van der Waals surface area contributed by atoms with Crippen LogP contribution in [-0.4, -0.2) is 6.61 Å². The first-order valence-corrected chi connectivity index (χ1v) is 7.52. The van der Waals surface area contributed by atoms with E-state index in [0.717, 1.165) is 18.8 Å². The van der Waals surface area contributed by atoms with Crippen molar-refractivity contribution in [2.45, 2.75) is 45.4 Å². The zero-order chi connectivity index (χ0) is 13.3. The van der Waals surface area contributed by atoms with Crippen LogP contribution in [0.5, 0.6) is 5.75 Å². The summed E-state index contributed by atoms with van der Waals surface area (Å²) in [7, 11) is 0. The molecule has 0 heterocycles. The smallest absolute Gasteiger partial charge is 0.119 e. The van der Waals surface area contributed by atoms with Crippen molar-refractivity contribution in [2.24, 2.45) is 0 Å². The van der Waals surface area contributed by atoms with E-state index in [-0.39, 0.29) is 0 Å². The third-order valence-corrected chi connectivity index (χ3v) is 3.49. The molecule has 0 fully saturated rings. The molecule has 0 saturated carbocycles. The highest BCUT2D eigenvalue weighted by atomic mass is 16.5. The van der Waals surface area contributed by atoms with Crippen molar-refractivity contribution in [3.8, 4) is 5.75 Å². The number of fused-ring (bicyclic) bond motifs is 1. The molecular formula is C18H24O. The Morgan fingerprint density at radius 2 is 1.53 bits per heavy atom. The largest absolute Gasteiger partial charge is 0.494 e. The van der Waals surface area contributed by atoms with Gasteiger partial charge in [0, 0.05) is 0 Å². The van der Waals surface area contributed by atoms with E-state index in [1.54, 1.807) is 0 Å². The Morgan fingerprint density at radius 3 is 2.37 bits per heavy atom. The molecule has 1 nitrogen and oxygen atoms in total. The fraction of sp³-hybridized carbons (Fsp3) is 0.444. The van der Waals surface area contributed by atoms with Crippen molar-refractivity contribution < 1.29 is 4.74 Å². The highest BCUT2D eigenvalue weighted by Crippen LogP contribution is 2.20. The number of rotatable bonds is 8. The van der Waals surface area contributed by atoms with Crippen LogP contribution in [0, 0.1) is 0 Å². The number of benzene rings is 2. The molecule has 1 heteroatoms. The summed E-state index contributed by atoms with van der Waals surface area (Å²) in [5.41, 5.74) is 0. The Kier molecular flexibility index (Phi) is 5.74. The number of unbranched alkanes of at least 4 members (excludes halogenated alkanes) is 5. The summed E-state index contributed by atoms with van der Waals surface area (Å²) in [5.74, 6) is 0.993. The zero-order valence-electron chi connectivity index (χ0n) is 11.9. The molecule has 0 atom stereocenters. The molecule has 19 heavy (non-hydrogen) atoms. The maximum atomic E-state index is 5.82. The number of ether oxygens (including phenoxy) is 1. The summed E-state index contributed by atoms with van der Waals surface area (Å²) in [6.45, 7) is 3.09. The van der Waals surface area contributed by atoms with Gasteiger partial charge in [0.15, 0.2) is 0 Å². The zero-order valence-corrected chi connectivity index (χ0v) is 11.9. The third-order valence-electron chi connectivity index (χ3n) is 3.49. The Balaban J connectivity index is 1.72. The molecule has 102 valence electrons. The predicted molar refractivity (Wildman–Crippen MR) is 82.8 cm³/mol. The lowest BCUT2D eigenvalue weighted by Gasteiger charge is -2.07. The van der Waals surface area contributed by atoms with Gasteiger partial charge in [-0.1, -0.05) is 69.4 Å². The maximum absolute atomic E-state index is 5.82. The Labute approximate surface area is 116 Å². The predicted octanol–water partition coefficient (Wildman–Crippen LogP) is 5.58. The first kappa shape index (κ1) is 13.9. The number of hydrogen-bond acceptors (Lipinski definition) is 1. The molecular weight excluding hydrogens is 232 g/mol. The fourth-order valence-electron chi connectivity index (χ4n) is 2.33. The van der Waals surface area contributed by atoms with E-state index in [9.17, 15) is 0 Å². The highest BCUT2D eigenvalue weighted by molar-refractivity contribution is 5.83. The van der Waals surface area contributed by atoms with Gasteiger partial charge < -0.3 is 4.74 Å². The Bertz CT molecular complexity index is 490. The molecule has 0 saturated heterocycles. The van der Waals surface area contributed by atoms with Crippen LogP contribution in [-0.2, 0) is 0 Å². The molecule has 0 amide bonds. The van der Waals surface area contributed by atoms with Gasteiger partial charge in [-0.25, -0.2) is 0 Å². The fourth-order valence-corrected chi connectivity index (χ4v) is 2.33. The van der Waals surface area contributed by atoms with E-state index in [1.165, 1.54) is 42.9 Å². The van der Waals surface area contributed by atoms with Crippen LogP contribution < -0.4 is 4.74 Å². The van der Waals surface area contributed by atoms with Crippen molar-refractivity contribution in [1.29, 1.82) is 0 Å². The lowest BCUT2D eigenvalue weighted by molar-refractivity contribution is 0.305. The molecule has 0 aliphatic rings. The Hall–Kier alpha value is -1.50. The Morgan fingerprint density at radius 1 is 0.789 bits per heavy atom. The summed E-state index contributed by atoms with van der Waals surface area (Å²) in [6, 6.07) is 14.7. The molecule has 2 aromatic rings. The summed E-state index contributed by atoms with van der Waals surface area (Å²) in [4.78, 5) is 0. The molecule has 2 aromatic carbocycles. The standard InChI is InChI=1S/C18H24O/c1-2-3-4-5-6-9-14-19-18-13-12-16-10-7-8-11-17(16)15-18/h7-8,10-13,15H,2-6,9,14H2,1H3. The van der Waals surface area contributed by atoms with E-state index in [1.807, 2.05) is 0 Å². The van der Waals surface area contributed by atoms with E-state index in [2.05, 4.69) is 49.4 Å². The quantitative estimate of drug-likeness (QED) is 0.560. The van der Waals surface area contributed by atoms with Crippen molar-refractivity contribution in [3.05, 3.63) is 42.5 Å². The average molecular weight is 256 g/mol. The van der Waals surface area contributed by atoms with Crippen molar-refractivity contribution in [3.63, 3.8) is 0 Å². The maximum Gasteiger partial charge on any atom is 0.119 e. The van der Waals surface area contributed by atoms with Crippen LogP contribution in [0.15, 0.2) is 42.5 Å². The van der Waals surface area contributed by atoms with Gasteiger partial charge in [0.1, 0.15) is 5.75 Å². The molecule has 0 aliphatic heterocycles. The topological polar surface area (TPSA) is 9.23 Å². The van der Waals surface area contributed by atoms with Gasteiger partial charge in [0.05, 0.1) is 6.61 Å². The van der Waals surface area contributed by atoms with Crippen LogP contribution in [0.25, 0.3) is 10.8 Å². The van der Waals surface area contributed by atoms with Crippen LogP contribution >= 0.6 is 0 Å². The summed E-state index contributed by atoms with van der Waals surface area (Å²) >= 11 is 0. The van der Waals surface area contributed by atoms with Crippen molar-refractivity contribution in [2.75, 3.05) is 6.61 Å². The van der Waals surface area contributed by atoms with E-state index < -0.39 is 0 Å². The van der Waals surface area contributed by atoms with Gasteiger partial charge in [-0.05, 0) is 29.3 Å². The lowest BCUT2D eigenvalue weighted by atomic mass is 10.1. The molecule has 0 spiro atoms. The molecule has 2 rings (SSSR count). The van der Waals surface area contributed by atoms with E-state index in [4.69, 9.17) is 4.74 Å². The van der Waals surface area contributed by atoms with E-state index in [0.29, 0.717) is 0 Å². The first-order chi connectivity index (χ1) is 9.40. The van der Waals surface area contributed by atoms with Crippen molar-refractivity contribution in [1.82, 2.24) is 0 Å². The molecule has 0 aromatic heterocycles. The minimum absolute atomic E-state index is 0.838. The van der Waals surface area contributed by atoms with E-state index >= 15 is 0 Å². The van der Waals surface area contributed by atoms with Crippen LogP contribution in [0.3, 0.4) is 0 Å². The van der Waals surface area contributed by atoms with Gasteiger partial charge in [0.25, 0.3) is 0 Å². The molecule has 0 bridgehead atoms. The molecule has 0 unspecified atom stereocenters. The summed E-state index contributed by atoms with van der Waals surface area (Å²) in [6.07, 6.45) is 7.84. The third kappa shape index (κ3) is 4.59. The van der Waals surface area contributed by atoms with Crippen LogP contribution in [0.2, 0.25) is 0 Å². The minimum atomic E-state index is 0.838. The van der Waals surface area contributed by atoms with Crippen LogP contribution in [0.4, 0.5) is 0 Å². The monoisotopic (exact) mass is 256 g/mol. The lowest BCUT2D eigenvalue weighted by Crippen LogP contribution is -1.97. The number of hydrogen-bond donors (Lipinski definition) is 0. The van der Waals surface area contributed by atoms with Gasteiger partial charge in [-0.2, -0.15) is 0 Å². The first-order valence-electron chi connectivity index (χ1n) is 7.52. The van der Waals surface area contributed by atoms with Crippen LogP contribution in [0.1, 0.15) is 45.4 Å². The summed E-state index contributed by atoms with van der Waals surface area (Å²) < 4.78 is 5.82. The van der Waals surface area contributed by atoms with Crippen molar-refractivity contribution >= 4 is 10.8 Å². The molecule has 0 radical (unpaired) electrons. The molecule has 0 aliphatic carbocycles. The second kappa shape index (κ2) is 7.83. The second-order valence-corrected chi connectivity index (χ2v) is 5.13. The average Bonchev–Trinajstić information content (AvgIpc) is 2.46. The van der Waals surface area contributed by atoms with Gasteiger partial charge >= 0.3 is 0 Å². The van der Waals surface area contributed by atoms with Gasteiger partial charge in [-0.3, -0.25) is 0 Å². The SMILES string of the molecule is CCCCCCCCOc1ccc2ccccc2c1. The molecule has 0 N–H and O–H groups in total. The normalized spacial score (nSPS) is 10.8.